The number of rotatable bonds is 4. The molecule has 4 aliphatic carbocycles. The fourth-order valence-corrected chi connectivity index (χ4v) is 6.99. The Bertz CT molecular complexity index is 634. The molecule has 1 N–H and O–H groups in total. The second-order valence-corrected chi connectivity index (χ2v) is 9.98. The third-order valence-electron chi connectivity index (χ3n) is 6.72. The molecule has 0 heterocycles. The summed E-state index contributed by atoms with van der Waals surface area (Å²) in [5.74, 6) is 1.08. The lowest BCUT2D eigenvalue weighted by Gasteiger charge is -2.64. The SMILES string of the molecule is CC12CC3CC(C)(C1)CC(C(=O)NCCc1ccc(Cl)cc1)(C3)C2. The van der Waals surface area contributed by atoms with Crippen molar-refractivity contribution >= 4 is 17.5 Å². The van der Waals surface area contributed by atoms with Gasteiger partial charge in [0.15, 0.2) is 0 Å². The van der Waals surface area contributed by atoms with E-state index in [0.29, 0.717) is 16.7 Å². The third kappa shape index (κ3) is 2.87. The van der Waals surface area contributed by atoms with Gasteiger partial charge in [0.1, 0.15) is 0 Å². The minimum absolute atomic E-state index is 0.0943. The quantitative estimate of drug-likeness (QED) is 0.817. The van der Waals surface area contributed by atoms with Crippen molar-refractivity contribution in [2.45, 2.75) is 58.8 Å². The van der Waals surface area contributed by atoms with Gasteiger partial charge in [0, 0.05) is 11.6 Å². The lowest BCUT2D eigenvalue weighted by molar-refractivity contribution is -0.170. The molecular weight excluding hydrogens is 318 g/mol. The molecule has 0 aliphatic heterocycles. The summed E-state index contributed by atoms with van der Waals surface area (Å²) in [4.78, 5) is 13.1. The van der Waals surface area contributed by atoms with Crippen LogP contribution in [0.15, 0.2) is 24.3 Å². The van der Waals surface area contributed by atoms with E-state index in [9.17, 15) is 4.79 Å². The Morgan fingerprint density at radius 3 is 2.29 bits per heavy atom. The van der Waals surface area contributed by atoms with Crippen LogP contribution < -0.4 is 5.32 Å². The van der Waals surface area contributed by atoms with Gasteiger partial charge in [0.25, 0.3) is 0 Å². The predicted octanol–water partition coefficient (Wildman–Crippen LogP) is 5.00. The Morgan fingerprint density at radius 1 is 1.08 bits per heavy atom. The molecule has 0 aromatic heterocycles. The predicted molar refractivity (Wildman–Crippen MR) is 98.0 cm³/mol. The van der Waals surface area contributed by atoms with Crippen LogP contribution in [0.1, 0.15) is 57.9 Å². The molecule has 1 amide bonds. The van der Waals surface area contributed by atoms with Crippen LogP contribution >= 0.6 is 11.6 Å². The van der Waals surface area contributed by atoms with E-state index in [1.54, 1.807) is 0 Å². The first-order valence-corrected chi connectivity index (χ1v) is 9.71. The maximum atomic E-state index is 13.1. The molecule has 0 spiro atoms. The third-order valence-corrected chi connectivity index (χ3v) is 6.97. The summed E-state index contributed by atoms with van der Waals surface area (Å²) in [6.45, 7) is 5.57. The molecule has 1 aromatic rings. The molecule has 2 nitrogen and oxygen atoms in total. The number of nitrogens with one attached hydrogen (secondary N) is 1. The van der Waals surface area contributed by atoms with Crippen molar-refractivity contribution in [3.05, 3.63) is 34.9 Å². The molecule has 0 saturated heterocycles. The van der Waals surface area contributed by atoms with Crippen LogP contribution in [0.2, 0.25) is 5.02 Å². The van der Waals surface area contributed by atoms with Crippen molar-refractivity contribution in [3.8, 4) is 0 Å². The molecule has 2 unspecified atom stereocenters. The highest BCUT2D eigenvalue weighted by Gasteiger charge is 2.62. The zero-order valence-corrected chi connectivity index (χ0v) is 15.6. The van der Waals surface area contributed by atoms with Gasteiger partial charge in [-0.05, 0) is 79.4 Å². The van der Waals surface area contributed by atoms with Crippen LogP contribution in [-0.2, 0) is 11.2 Å². The van der Waals surface area contributed by atoms with Gasteiger partial charge in [0.2, 0.25) is 5.91 Å². The Kier molecular flexibility index (Phi) is 3.76. The van der Waals surface area contributed by atoms with Gasteiger partial charge in [0.05, 0.1) is 5.41 Å². The highest BCUT2D eigenvalue weighted by atomic mass is 35.5. The van der Waals surface area contributed by atoms with Gasteiger partial charge in [-0.2, -0.15) is 0 Å². The lowest BCUT2D eigenvalue weighted by Crippen LogP contribution is -2.60. The first kappa shape index (κ1) is 16.4. The van der Waals surface area contributed by atoms with E-state index in [1.807, 2.05) is 24.3 Å². The van der Waals surface area contributed by atoms with Crippen molar-refractivity contribution in [1.29, 1.82) is 0 Å². The minimum atomic E-state index is -0.0943. The van der Waals surface area contributed by atoms with Gasteiger partial charge < -0.3 is 5.32 Å². The summed E-state index contributed by atoms with van der Waals surface area (Å²) >= 11 is 5.93. The van der Waals surface area contributed by atoms with Gasteiger partial charge in [-0.15, -0.1) is 0 Å². The van der Waals surface area contributed by atoms with Gasteiger partial charge in [-0.3, -0.25) is 4.79 Å². The maximum Gasteiger partial charge on any atom is 0.226 e. The van der Waals surface area contributed by atoms with E-state index in [2.05, 4.69) is 19.2 Å². The monoisotopic (exact) mass is 345 g/mol. The summed E-state index contributed by atoms with van der Waals surface area (Å²) < 4.78 is 0. The average molecular weight is 346 g/mol. The molecule has 4 saturated carbocycles. The largest absolute Gasteiger partial charge is 0.355 e. The number of amides is 1. The van der Waals surface area contributed by atoms with Crippen LogP contribution in [0, 0.1) is 22.2 Å². The Hall–Kier alpha value is -1.02. The van der Waals surface area contributed by atoms with Gasteiger partial charge in [-0.1, -0.05) is 37.6 Å². The van der Waals surface area contributed by atoms with Crippen LogP contribution in [0.5, 0.6) is 0 Å². The molecule has 1 aromatic carbocycles. The standard InChI is InChI=1S/C21H28ClNO/c1-19-9-16-10-20(2,12-19)14-21(11-16,13-19)18(24)23-8-7-15-3-5-17(22)6-4-15/h3-6,16H,7-14H2,1-2H3,(H,23,24). The number of carbonyl (C=O) groups is 1. The average Bonchev–Trinajstić information content (AvgIpc) is 2.45. The van der Waals surface area contributed by atoms with E-state index in [0.717, 1.165) is 43.2 Å². The first-order chi connectivity index (χ1) is 11.3. The number of carbonyl (C=O) groups excluding carboxylic acids is 1. The summed E-state index contributed by atoms with van der Waals surface area (Å²) in [5, 5.41) is 4.03. The number of halogens is 1. The fraction of sp³-hybridized carbons (Fsp3) is 0.667. The second kappa shape index (κ2) is 5.49. The normalized spacial score (nSPS) is 39.9. The Labute approximate surface area is 150 Å². The minimum Gasteiger partial charge on any atom is -0.355 e. The van der Waals surface area contributed by atoms with E-state index in [-0.39, 0.29) is 5.41 Å². The zero-order chi connectivity index (χ0) is 17.0. The molecular formula is C21H28ClNO. The second-order valence-electron chi connectivity index (χ2n) is 9.54. The molecule has 130 valence electrons. The summed E-state index contributed by atoms with van der Waals surface area (Å²) in [6.07, 6.45) is 8.17. The van der Waals surface area contributed by atoms with E-state index < -0.39 is 0 Å². The molecule has 2 atom stereocenters. The van der Waals surface area contributed by atoms with Crippen LogP contribution in [-0.4, -0.2) is 12.5 Å². The van der Waals surface area contributed by atoms with E-state index in [4.69, 9.17) is 11.6 Å². The molecule has 4 bridgehead atoms. The lowest BCUT2D eigenvalue weighted by atomic mass is 9.40. The summed E-state index contributed by atoms with van der Waals surface area (Å²) in [6, 6.07) is 7.92. The van der Waals surface area contributed by atoms with Gasteiger partial charge in [-0.25, -0.2) is 0 Å². The van der Waals surface area contributed by atoms with Crippen LogP contribution in [0.3, 0.4) is 0 Å². The highest BCUT2D eigenvalue weighted by molar-refractivity contribution is 6.30. The molecule has 3 heteroatoms. The zero-order valence-electron chi connectivity index (χ0n) is 14.8. The fourth-order valence-electron chi connectivity index (χ4n) is 6.86. The van der Waals surface area contributed by atoms with Crippen molar-refractivity contribution < 1.29 is 4.79 Å². The van der Waals surface area contributed by atoms with Gasteiger partial charge >= 0.3 is 0 Å². The number of hydrogen-bond donors (Lipinski definition) is 1. The first-order valence-electron chi connectivity index (χ1n) is 9.33. The topological polar surface area (TPSA) is 29.1 Å². The van der Waals surface area contributed by atoms with Crippen LogP contribution in [0.4, 0.5) is 0 Å². The summed E-state index contributed by atoms with van der Waals surface area (Å²) in [7, 11) is 0. The van der Waals surface area contributed by atoms with Crippen LogP contribution in [0.25, 0.3) is 0 Å². The maximum absolute atomic E-state index is 13.1. The smallest absolute Gasteiger partial charge is 0.226 e. The number of hydrogen-bond acceptors (Lipinski definition) is 1. The Morgan fingerprint density at radius 2 is 1.71 bits per heavy atom. The molecule has 4 fully saturated rings. The molecule has 0 radical (unpaired) electrons. The van der Waals surface area contributed by atoms with E-state index in [1.165, 1.54) is 24.8 Å². The number of benzene rings is 1. The Balaban J connectivity index is 1.42. The summed E-state index contributed by atoms with van der Waals surface area (Å²) in [5.41, 5.74) is 1.91. The molecule has 5 rings (SSSR count). The highest BCUT2D eigenvalue weighted by Crippen LogP contribution is 2.69. The van der Waals surface area contributed by atoms with E-state index >= 15 is 0 Å². The van der Waals surface area contributed by atoms with Crippen molar-refractivity contribution in [1.82, 2.24) is 5.32 Å². The molecule has 4 aliphatic rings. The van der Waals surface area contributed by atoms with Crippen molar-refractivity contribution in [2.24, 2.45) is 22.2 Å². The van der Waals surface area contributed by atoms with Crippen molar-refractivity contribution in [2.75, 3.05) is 6.54 Å². The van der Waals surface area contributed by atoms with Crippen molar-refractivity contribution in [3.63, 3.8) is 0 Å². The molecule has 24 heavy (non-hydrogen) atoms.